The lowest BCUT2D eigenvalue weighted by Gasteiger charge is -2.15. The fourth-order valence-electron chi connectivity index (χ4n) is 2.79. The van der Waals surface area contributed by atoms with Gasteiger partial charge in [0.05, 0.1) is 5.60 Å². The third kappa shape index (κ3) is 2.74. The van der Waals surface area contributed by atoms with Crippen molar-refractivity contribution in [2.75, 3.05) is 0 Å². The molecule has 1 aliphatic carbocycles. The summed E-state index contributed by atoms with van der Waals surface area (Å²) in [5, 5.41) is 0. The van der Waals surface area contributed by atoms with Gasteiger partial charge in [-0.25, -0.2) is 0 Å². The third-order valence-corrected chi connectivity index (χ3v) is 3.95. The number of hydrogen-bond acceptors (Lipinski definition) is 1. The number of benzene rings is 1. The second-order valence-electron chi connectivity index (χ2n) is 5.93. The molecule has 1 aromatic carbocycles. The van der Waals surface area contributed by atoms with Gasteiger partial charge in [-0.05, 0) is 57.2 Å². The van der Waals surface area contributed by atoms with Crippen LogP contribution in [-0.4, -0.2) is 11.7 Å². The molecule has 1 unspecified atom stereocenters. The molecule has 0 bridgehead atoms. The van der Waals surface area contributed by atoms with E-state index in [0.717, 1.165) is 18.4 Å². The minimum atomic E-state index is 0.0341. The zero-order valence-electron chi connectivity index (χ0n) is 11.7. The van der Waals surface area contributed by atoms with Gasteiger partial charge in [0.1, 0.15) is 6.10 Å². The van der Waals surface area contributed by atoms with Gasteiger partial charge in [-0.3, -0.25) is 0 Å². The van der Waals surface area contributed by atoms with E-state index in [2.05, 4.69) is 37.8 Å². The van der Waals surface area contributed by atoms with Gasteiger partial charge in [0.25, 0.3) is 0 Å². The molecular weight excluding hydrogens is 232 g/mol. The molecule has 0 spiro atoms. The standard InChI is InChI=1S/C18H20O/c1-18(2)17(19-18)16-11-7-6-10-15(16)13-12-14-8-4-3-5-9-14/h3-5,8-9,17H,6-7,10-11H2,1-2H3. The van der Waals surface area contributed by atoms with Gasteiger partial charge >= 0.3 is 0 Å². The van der Waals surface area contributed by atoms with Crippen LogP contribution >= 0.6 is 0 Å². The van der Waals surface area contributed by atoms with Gasteiger partial charge in [-0.2, -0.15) is 0 Å². The molecule has 1 atom stereocenters. The van der Waals surface area contributed by atoms with Crippen molar-refractivity contribution in [3.63, 3.8) is 0 Å². The van der Waals surface area contributed by atoms with E-state index in [1.165, 1.54) is 24.0 Å². The minimum absolute atomic E-state index is 0.0341. The maximum Gasteiger partial charge on any atom is 0.109 e. The fourth-order valence-corrected chi connectivity index (χ4v) is 2.79. The molecule has 2 aliphatic rings. The van der Waals surface area contributed by atoms with Crippen molar-refractivity contribution in [1.82, 2.24) is 0 Å². The molecule has 1 nitrogen and oxygen atoms in total. The summed E-state index contributed by atoms with van der Waals surface area (Å²) in [5.74, 6) is 6.69. The molecule has 0 amide bonds. The first-order valence-corrected chi connectivity index (χ1v) is 7.13. The van der Waals surface area contributed by atoms with E-state index < -0.39 is 0 Å². The largest absolute Gasteiger partial charge is 0.362 e. The van der Waals surface area contributed by atoms with Gasteiger partial charge in [0.2, 0.25) is 0 Å². The average Bonchev–Trinajstić information content (AvgIpc) is 3.07. The van der Waals surface area contributed by atoms with Gasteiger partial charge in [-0.1, -0.05) is 30.0 Å². The third-order valence-electron chi connectivity index (χ3n) is 3.95. The first-order chi connectivity index (χ1) is 9.17. The molecular formula is C18H20O. The lowest BCUT2D eigenvalue weighted by molar-refractivity contribution is 0.329. The SMILES string of the molecule is CC1(C)OC1C1=C(C#Cc2ccccc2)CCCC1. The Balaban J connectivity index is 1.87. The van der Waals surface area contributed by atoms with Crippen molar-refractivity contribution in [2.24, 2.45) is 0 Å². The maximum atomic E-state index is 5.80. The number of rotatable bonds is 1. The van der Waals surface area contributed by atoms with Crippen LogP contribution in [0.25, 0.3) is 0 Å². The molecule has 0 saturated carbocycles. The first kappa shape index (κ1) is 12.5. The van der Waals surface area contributed by atoms with E-state index in [0.29, 0.717) is 6.10 Å². The van der Waals surface area contributed by atoms with E-state index in [-0.39, 0.29) is 5.60 Å². The summed E-state index contributed by atoms with van der Waals surface area (Å²) in [6.45, 7) is 4.34. The lowest BCUT2D eigenvalue weighted by Crippen LogP contribution is -2.10. The Morgan fingerprint density at radius 3 is 2.42 bits per heavy atom. The van der Waals surface area contributed by atoms with Crippen LogP contribution in [0.15, 0.2) is 41.5 Å². The topological polar surface area (TPSA) is 12.5 Å². The molecule has 0 aromatic heterocycles. The zero-order chi connectivity index (χ0) is 13.3. The van der Waals surface area contributed by atoms with Crippen LogP contribution in [0, 0.1) is 11.8 Å². The minimum Gasteiger partial charge on any atom is -0.362 e. The molecule has 0 radical (unpaired) electrons. The van der Waals surface area contributed by atoms with Crippen LogP contribution in [0.3, 0.4) is 0 Å². The second kappa shape index (κ2) is 4.87. The summed E-state index contributed by atoms with van der Waals surface area (Å²) >= 11 is 0. The lowest BCUT2D eigenvalue weighted by atomic mass is 9.87. The van der Waals surface area contributed by atoms with Gasteiger partial charge in [0, 0.05) is 11.1 Å². The number of hydrogen-bond donors (Lipinski definition) is 0. The molecule has 0 N–H and O–H groups in total. The van der Waals surface area contributed by atoms with Crippen LogP contribution in [0.4, 0.5) is 0 Å². The van der Waals surface area contributed by atoms with Gasteiger partial charge in [-0.15, -0.1) is 0 Å². The normalized spacial score (nSPS) is 24.6. The highest BCUT2D eigenvalue weighted by molar-refractivity contribution is 5.45. The Morgan fingerprint density at radius 2 is 1.74 bits per heavy atom. The highest BCUT2D eigenvalue weighted by Crippen LogP contribution is 2.45. The molecule has 19 heavy (non-hydrogen) atoms. The quantitative estimate of drug-likeness (QED) is 0.542. The van der Waals surface area contributed by atoms with E-state index in [1.807, 2.05) is 18.2 Å². The number of allylic oxidation sites excluding steroid dienone is 1. The highest BCUT2D eigenvalue weighted by atomic mass is 16.6. The van der Waals surface area contributed by atoms with Crippen molar-refractivity contribution in [2.45, 2.75) is 51.2 Å². The molecule has 1 aliphatic heterocycles. The summed E-state index contributed by atoms with van der Waals surface area (Å²) in [7, 11) is 0. The highest BCUT2D eigenvalue weighted by Gasteiger charge is 2.50. The molecule has 98 valence electrons. The van der Waals surface area contributed by atoms with Crippen molar-refractivity contribution in [3.05, 3.63) is 47.0 Å². The monoisotopic (exact) mass is 252 g/mol. The summed E-state index contributed by atoms with van der Waals surface area (Å²) in [6, 6.07) is 10.2. The van der Waals surface area contributed by atoms with E-state index in [9.17, 15) is 0 Å². The summed E-state index contributed by atoms with van der Waals surface area (Å²) < 4.78 is 5.80. The molecule has 1 heteroatoms. The predicted molar refractivity (Wildman–Crippen MR) is 77.8 cm³/mol. The van der Waals surface area contributed by atoms with Crippen LogP contribution in [0.5, 0.6) is 0 Å². The Hall–Kier alpha value is -1.52. The molecule has 1 aromatic rings. The fraction of sp³-hybridized carbons (Fsp3) is 0.444. The second-order valence-corrected chi connectivity index (χ2v) is 5.93. The summed E-state index contributed by atoms with van der Waals surface area (Å²) in [6.07, 6.45) is 5.13. The smallest absolute Gasteiger partial charge is 0.109 e. The van der Waals surface area contributed by atoms with Crippen LogP contribution in [0.1, 0.15) is 45.1 Å². The molecule has 1 fully saturated rings. The Morgan fingerprint density at radius 1 is 1.05 bits per heavy atom. The molecule has 1 heterocycles. The van der Waals surface area contributed by atoms with Crippen molar-refractivity contribution in [3.8, 4) is 11.8 Å². The maximum absolute atomic E-state index is 5.80. The van der Waals surface area contributed by atoms with Gasteiger partial charge in [0.15, 0.2) is 0 Å². The van der Waals surface area contributed by atoms with Crippen molar-refractivity contribution >= 4 is 0 Å². The summed E-state index contributed by atoms with van der Waals surface area (Å²) in [4.78, 5) is 0. The Labute approximate surface area is 115 Å². The van der Waals surface area contributed by atoms with Gasteiger partial charge < -0.3 is 4.74 Å². The summed E-state index contributed by atoms with van der Waals surface area (Å²) in [5.41, 5.74) is 3.91. The first-order valence-electron chi connectivity index (χ1n) is 7.13. The van der Waals surface area contributed by atoms with Crippen molar-refractivity contribution < 1.29 is 4.74 Å². The molecule has 1 saturated heterocycles. The number of ether oxygens (including phenoxy) is 1. The average molecular weight is 252 g/mol. The van der Waals surface area contributed by atoms with Crippen LogP contribution in [-0.2, 0) is 4.74 Å². The zero-order valence-corrected chi connectivity index (χ0v) is 11.7. The number of epoxide rings is 1. The Kier molecular flexibility index (Phi) is 3.21. The predicted octanol–water partition coefficient (Wildman–Crippen LogP) is 4.09. The van der Waals surface area contributed by atoms with E-state index >= 15 is 0 Å². The van der Waals surface area contributed by atoms with Crippen LogP contribution < -0.4 is 0 Å². The van der Waals surface area contributed by atoms with E-state index in [4.69, 9.17) is 4.74 Å². The van der Waals surface area contributed by atoms with Crippen LogP contribution in [0.2, 0.25) is 0 Å². The molecule has 3 rings (SSSR count). The Bertz CT molecular complexity index is 554. The van der Waals surface area contributed by atoms with E-state index in [1.54, 1.807) is 0 Å². The van der Waals surface area contributed by atoms with Crippen molar-refractivity contribution in [1.29, 1.82) is 0 Å².